The van der Waals surface area contributed by atoms with E-state index in [0.717, 1.165) is 12.8 Å². The first-order chi connectivity index (χ1) is 8.02. The fourth-order valence-corrected chi connectivity index (χ4v) is 3.44. The van der Waals surface area contributed by atoms with Crippen LogP contribution in [0.3, 0.4) is 0 Å². The minimum atomic E-state index is -3.31. The molecule has 1 saturated heterocycles. The highest BCUT2D eigenvalue weighted by atomic mass is 35.5. The molecule has 5 nitrogen and oxygen atoms in total. The number of ether oxygens (including phenoxy) is 1. The van der Waals surface area contributed by atoms with Crippen molar-refractivity contribution in [3.63, 3.8) is 0 Å². The molecule has 0 aromatic heterocycles. The predicted molar refractivity (Wildman–Crippen MR) is 68.5 cm³/mol. The number of piperidine rings is 1. The Bertz CT molecular complexity index is 316. The third-order valence-corrected chi connectivity index (χ3v) is 5.32. The van der Waals surface area contributed by atoms with E-state index in [0.29, 0.717) is 31.9 Å². The summed E-state index contributed by atoms with van der Waals surface area (Å²) in [5.41, 5.74) is 0. The predicted octanol–water partition coefficient (Wildman–Crippen LogP) is 0.903. The second-order valence-corrected chi connectivity index (χ2v) is 6.62. The SMILES string of the molecule is COC1CCN(S(=O)(=O)N(C)CCCCl)CC1. The summed E-state index contributed by atoms with van der Waals surface area (Å²) in [4.78, 5) is 0. The molecule has 7 heteroatoms. The summed E-state index contributed by atoms with van der Waals surface area (Å²) >= 11 is 5.57. The molecular weight excluding hydrogens is 264 g/mol. The molecule has 102 valence electrons. The van der Waals surface area contributed by atoms with Gasteiger partial charge in [0, 0.05) is 39.7 Å². The average molecular weight is 285 g/mol. The molecule has 0 radical (unpaired) electrons. The van der Waals surface area contributed by atoms with Gasteiger partial charge in [0.1, 0.15) is 0 Å². The van der Waals surface area contributed by atoms with Crippen LogP contribution in [0.5, 0.6) is 0 Å². The Kier molecular flexibility index (Phi) is 6.16. The van der Waals surface area contributed by atoms with Crippen LogP contribution in [-0.4, -0.2) is 62.8 Å². The Balaban J connectivity index is 2.53. The van der Waals surface area contributed by atoms with Gasteiger partial charge in [0.05, 0.1) is 6.10 Å². The zero-order valence-electron chi connectivity index (χ0n) is 10.4. The molecule has 0 aromatic rings. The maximum absolute atomic E-state index is 12.2. The highest BCUT2D eigenvalue weighted by Crippen LogP contribution is 2.17. The van der Waals surface area contributed by atoms with E-state index in [1.807, 2.05) is 0 Å². The number of hydrogen-bond acceptors (Lipinski definition) is 3. The van der Waals surface area contributed by atoms with E-state index in [9.17, 15) is 8.42 Å². The fraction of sp³-hybridized carbons (Fsp3) is 1.00. The highest BCUT2D eigenvalue weighted by molar-refractivity contribution is 7.86. The van der Waals surface area contributed by atoms with Crippen molar-refractivity contribution >= 4 is 21.8 Å². The summed E-state index contributed by atoms with van der Waals surface area (Å²) in [6.45, 7) is 1.54. The molecule has 1 aliphatic rings. The summed E-state index contributed by atoms with van der Waals surface area (Å²) in [6, 6.07) is 0. The normalized spacial score (nSPS) is 20.0. The van der Waals surface area contributed by atoms with Crippen molar-refractivity contribution in [3.05, 3.63) is 0 Å². The number of hydrogen-bond donors (Lipinski definition) is 0. The molecule has 1 rings (SSSR count). The van der Waals surface area contributed by atoms with Gasteiger partial charge in [-0.25, -0.2) is 0 Å². The van der Waals surface area contributed by atoms with Crippen molar-refractivity contribution in [1.29, 1.82) is 0 Å². The molecule has 0 aliphatic carbocycles. The van der Waals surface area contributed by atoms with E-state index in [1.165, 1.54) is 8.61 Å². The smallest absolute Gasteiger partial charge is 0.281 e. The number of rotatable bonds is 6. The van der Waals surface area contributed by atoms with Crippen molar-refractivity contribution < 1.29 is 13.2 Å². The van der Waals surface area contributed by atoms with Crippen LogP contribution in [0.1, 0.15) is 19.3 Å². The molecule has 0 bridgehead atoms. The van der Waals surface area contributed by atoms with Crippen LogP contribution in [-0.2, 0) is 14.9 Å². The van der Waals surface area contributed by atoms with Gasteiger partial charge in [-0.15, -0.1) is 11.6 Å². The minimum absolute atomic E-state index is 0.189. The third kappa shape index (κ3) is 4.06. The first kappa shape index (κ1) is 15.2. The summed E-state index contributed by atoms with van der Waals surface area (Å²) < 4.78 is 32.4. The molecule has 1 fully saturated rings. The van der Waals surface area contributed by atoms with E-state index in [-0.39, 0.29) is 6.10 Å². The van der Waals surface area contributed by atoms with Crippen LogP contribution in [0.15, 0.2) is 0 Å². The molecule has 0 saturated carbocycles. The van der Waals surface area contributed by atoms with Gasteiger partial charge in [-0.2, -0.15) is 17.0 Å². The summed E-state index contributed by atoms with van der Waals surface area (Å²) in [7, 11) is -0.0439. The second kappa shape index (κ2) is 6.89. The number of methoxy groups -OCH3 is 1. The zero-order chi connectivity index (χ0) is 12.9. The number of nitrogens with zero attached hydrogens (tertiary/aromatic N) is 2. The maximum Gasteiger partial charge on any atom is 0.281 e. The van der Waals surface area contributed by atoms with Gasteiger partial charge in [0.2, 0.25) is 0 Å². The Labute approximate surface area is 109 Å². The van der Waals surface area contributed by atoms with E-state index < -0.39 is 10.2 Å². The van der Waals surface area contributed by atoms with Crippen LogP contribution in [0, 0.1) is 0 Å². The lowest BCUT2D eigenvalue weighted by molar-refractivity contribution is 0.0593. The number of halogens is 1. The van der Waals surface area contributed by atoms with E-state index in [4.69, 9.17) is 16.3 Å². The lowest BCUT2D eigenvalue weighted by atomic mass is 10.1. The topological polar surface area (TPSA) is 49.9 Å². The quantitative estimate of drug-likeness (QED) is 0.681. The fourth-order valence-electron chi connectivity index (χ4n) is 1.89. The first-order valence-corrected chi connectivity index (χ1v) is 7.75. The lowest BCUT2D eigenvalue weighted by Crippen LogP contribution is -2.47. The lowest BCUT2D eigenvalue weighted by Gasteiger charge is -2.33. The van der Waals surface area contributed by atoms with Crippen LogP contribution in [0.25, 0.3) is 0 Å². The molecule has 17 heavy (non-hydrogen) atoms. The largest absolute Gasteiger partial charge is 0.381 e. The van der Waals surface area contributed by atoms with E-state index in [1.54, 1.807) is 14.2 Å². The van der Waals surface area contributed by atoms with Crippen LogP contribution in [0.4, 0.5) is 0 Å². The summed E-state index contributed by atoms with van der Waals surface area (Å²) in [5, 5.41) is 0. The van der Waals surface area contributed by atoms with Crippen molar-refractivity contribution in [2.24, 2.45) is 0 Å². The summed E-state index contributed by atoms with van der Waals surface area (Å²) in [6.07, 6.45) is 2.39. The number of alkyl halides is 1. The molecule has 0 atom stereocenters. The van der Waals surface area contributed by atoms with Gasteiger partial charge >= 0.3 is 0 Å². The Morgan fingerprint density at radius 2 is 2.00 bits per heavy atom. The zero-order valence-corrected chi connectivity index (χ0v) is 12.0. The van der Waals surface area contributed by atoms with Crippen molar-refractivity contribution in [1.82, 2.24) is 8.61 Å². The van der Waals surface area contributed by atoms with E-state index in [2.05, 4.69) is 0 Å². The molecule has 1 aliphatic heterocycles. The van der Waals surface area contributed by atoms with Crippen LogP contribution < -0.4 is 0 Å². The second-order valence-electron chi connectivity index (χ2n) is 4.21. The Hall–Kier alpha value is 0.120. The molecule has 1 heterocycles. The van der Waals surface area contributed by atoms with Gasteiger partial charge in [-0.05, 0) is 19.3 Å². The molecule has 0 N–H and O–H groups in total. The van der Waals surface area contributed by atoms with Crippen LogP contribution >= 0.6 is 11.6 Å². The molecule has 0 amide bonds. The van der Waals surface area contributed by atoms with Crippen molar-refractivity contribution in [2.75, 3.05) is 39.7 Å². The van der Waals surface area contributed by atoms with Crippen LogP contribution in [0.2, 0.25) is 0 Å². The third-order valence-electron chi connectivity index (χ3n) is 3.06. The molecular formula is C10H21ClN2O3S. The minimum Gasteiger partial charge on any atom is -0.381 e. The van der Waals surface area contributed by atoms with E-state index >= 15 is 0 Å². The standard InChI is InChI=1S/C10H21ClN2O3S/c1-12(7-3-6-11)17(14,15)13-8-4-10(16-2)5-9-13/h10H,3-9H2,1-2H3. The summed E-state index contributed by atoms with van der Waals surface area (Å²) in [5.74, 6) is 0.478. The molecule has 0 spiro atoms. The van der Waals surface area contributed by atoms with Gasteiger partial charge in [0.25, 0.3) is 10.2 Å². The van der Waals surface area contributed by atoms with Gasteiger partial charge < -0.3 is 4.74 Å². The highest BCUT2D eigenvalue weighted by Gasteiger charge is 2.30. The Morgan fingerprint density at radius 1 is 1.41 bits per heavy atom. The van der Waals surface area contributed by atoms with Crippen molar-refractivity contribution in [3.8, 4) is 0 Å². The van der Waals surface area contributed by atoms with Gasteiger partial charge in [-0.3, -0.25) is 0 Å². The maximum atomic E-state index is 12.2. The van der Waals surface area contributed by atoms with Crippen molar-refractivity contribution in [2.45, 2.75) is 25.4 Å². The van der Waals surface area contributed by atoms with Gasteiger partial charge in [-0.1, -0.05) is 0 Å². The molecule has 0 unspecified atom stereocenters. The van der Waals surface area contributed by atoms with Gasteiger partial charge in [0.15, 0.2) is 0 Å². The molecule has 0 aromatic carbocycles. The average Bonchev–Trinajstić information content (AvgIpc) is 2.35. The monoisotopic (exact) mass is 284 g/mol. The Morgan fingerprint density at radius 3 is 2.47 bits per heavy atom. The first-order valence-electron chi connectivity index (χ1n) is 5.82.